The fourth-order valence-corrected chi connectivity index (χ4v) is 1.63. The minimum Gasteiger partial charge on any atom is -0.385 e. The number of hydrogen-bond donors (Lipinski definition) is 1. The molecule has 1 N–H and O–H groups in total. The molecule has 1 heterocycles. The van der Waals surface area contributed by atoms with E-state index in [9.17, 15) is 0 Å². The third kappa shape index (κ3) is 2.72. The Morgan fingerprint density at radius 1 is 1.57 bits per heavy atom. The summed E-state index contributed by atoms with van der Waals surface area (Å²) in [5, 5.41) is 3.47. The average molecular weight is 192 g/mol. The molecule has 2 heteroatoms. The summed E-state index contributed by atoms with van der Waals surface area (Å²) in [6, 6.07) is 0. The smallest absolute Gasteiger partial charge is 0.0377 e. The molecule has 0 atom stereocenters. The van der Waals surface area contributed by atoms with Gasteiger partial charge in [0.15, 0.2) is 0 Å². The highest BCUT2D eigenvalue weighted by Crippen LogP contribution is 2.22. The molecule has 0 spiro atoms. The summed E-state index contributed by atoms with van der Waals surface area (Å²) in [7, 11) is 0. The zero-order chi connectivity index (χ0) is 10.4. The Hall–Kier alpha value is -1.05. The monoisotopic (exact) mass is 192 g/mol. The van der Waals surface area contributed by atoms with E-state index in [1.165, 1.54) is 23.3 Å². The van der Waals surface area contributed by atoms with Gasteiger partial charge >= 0.3 is 0 Å². The second-order valence-electron chi connectivity index (χ2n) is 3.60. The van der Waals surface area contributed by atoms with Gasteiger partial charge in [0, 0.05) is 24.7 Å². The molecular formula is C12H20N2. The minimum atomic E-state index is 1.10. The van der Waals surface area contributed by atoms with Crippen molar-refractivity contribution in [3.63, 3.8) is 0 Å². The Balaban J connectivity index is 2.89. The number of aliphatic imine (C=N–C) groups is 1. The Kier molecular flexibility index (Phi) is 4.44. The molecule has 0 aliphatic carbocycles. The van der Waals surface area contributed by atoms with Crippen molar-refractivity contribution < 1.29 is 0 Å². The standard InChI is InChI=1S/C12H20N2/c1-4-10(3)12-11(9-13-5-2)7-6-8-14-12/h5,9,14H,4,6-8H2,1-3H3/b11-9-,12-10-,13-5?. The first-order valence-corrected chi connectivity index (χ1v) is 5.40. The molecule has 1 fully saturated rings. The first-order valence-electron chi connectivity index (χ1n) is 5.40. The highest BCUT2D eigenvalue weighted by atomic mass is 14.9. The lowest BCUT2D eigenvalue weighted by Crippen LogP contribution is -2.23. The number of nitrogens with zero attached hydrogens (tertiary/aromatic N) is 1. The van der Waals surface area contributed by atoms with Gasteiger partial charge in [-0.3, -0.25) is 4.99 Å². The van der Waals surface area contributed by atoms with Crippen LogP contribution in [0.4, 0.5) is 0 Å². The van der Waals surface area contributed by atoms with Gasteiger partial charge < -0.3 is 5.32 Å². The topological polar surface area (TPSA) is 24.4 Å². The van der Waals surface area contributed by atoms with E-state index in [4.69, 9.17) is 0 Å². The summed E-state index contributed by atoms with van der Waals surface area (Å²) >= 11 is 0. The van der Waals surface area contributed by atoms with Gasteiger partial charge in [-0.15, -0.1) is 0 Å². The van der Waals surface area contributed by atoms with E-state index in [1.807, 2.05) is 19.3 Å². The Bertz CT molecular complexity index is 272. The molecule has 0 radical (unpaired) electrons. The van der Waals surface area contributed by atoms with Crippen LogP contribution < -0.4 is 5.32 Å². The van der Waals surface area contributed by atoms with E-state index in [2.05, 4.69) is 24.2 Å². The predicted molar refractivity (Wildman–Crippen MR) is 62.5 cm³/mol. The number of nitrogens with one attached hydrogen (secondary N) is 1. The molecule has 0 aromatic carbocycles. The lowest BCUT2D eigenvalue weighted by molar-refractivity contribution is 0.657. The molecule has 0 aromatic heterocycles. The lowest BCUT2D eigenvalue weighted by atomic mass is 9.99. The van der Waals surface area contributed by atoms with Crippen molar-refractivity contribution in [2.24, 2.45) is 4.99 Å². The number of piperidine rings is 1. The molecule has 1 saturated heterocycles. The Morgan fingerprint density at radius 2 is 2.36 bits per heavy atom. The fourth-order valence-electron chi connectivity index (χ4n) is 1.63. The van der Waals surface area contributed by atoms with Crippen LogP contribution in [-0.2, 0) is 0 Å². The second-order valence-corrected chi connectivity index (χ2v) is 3.60. The first-order chi connectivity index (χ1) is 6.79. The summed E-state index contributed by atoms with van der Waals surface area (Å²) < 4.78 is 0. The van der Waals surface area contributed by atoms with Crippen molar-refractivity contribution in [3.8, 4) is 0 Å². The van der Waals surface area contributed by atoms with Crippen LogP contribution in [0.15, 0.2) is 28.0 Å². The van der Waals surface area contributed by atoms with E-state index in [0.29, 0.717) is 0 Å². The molecule has 1 aliphatic rings. The SMILES string of the molecule is CC=N/C=C1/CCCN/C1=C(/C)CC. The summed E-state index contributed by atoms with van der Waals surface area (Å²) in [5.74, 6) is 0. The van der Waals surface area contributed by atoms with Crippen LogP contribution in [0.3, 0.4) is 0 Å². The molecule has 0 bridgehead atoms. The van der Waals surface area contributed by atoms with E-state index in [-0.39, 0.29) is 0 Å². The second kappa shape index (κ2) is 5.63. The summed E-state index contributed by atoms with van der Waals surface area (Å²) in [5.41, 5.74) is 4.11. The number of hydrogen-bond acceptors (Lipinski definition) is 2. The quantitative estimate of drug-likeness (QED) is 0.668. The number of allylic oxidation sites excluding steroid dienone is 2. The van der Waals surface area contributed by atoms with Crippen molar-refractivity contribution in [3.05, 3.63) is 23.0 Å². The molecular weight excluding hydrogens is 172 g/mol. The average Bonchev–Trinajstić information content (AvgIpc) is 2.25. The van der Waals surface area contributed by atoms with Gasteiger partial charge in [0.25, 0.3) is 0 Å². The Morgan fingerprint density at radius 3 is 3.00 bits per heavy atom. The van der Waals surface area contributed by atoms with Gasteiger partial charge in [-0.1, -0.05) is 12.5 Å². The first kappa shape index (κ1) is 11.0. The molecule has 1 rings (SSSR count). The minimum absolute atomic E-state index is 1.10. The van der Waals surface area contributed by atoms with Crippen LogP contribution in [0.25, 0.3) is 0 Å². The zero-order valence-electron chi connectivity index (χ0n) is 9.43. The van der Waals surface area contributed by atoms with Crippen LogP contribution in [0.5, 0.6) is 0 Å². The van der Waals surface area contributed by atoms with Gasteiger partial charge in [-0.2, -0.15) is 0 Å². The van der Waals surface area contributed by atoms with Gasteiger partial charge in [0.05, 0.1) is 0 Å². The Labute approximate surface area is 86.8 Å². The lowest BCUT2D eigenvalue weighted by Gasteiger charge is -2.22. The molecule has 0 amide bonds. The van der Waals surface area contributed by atoms with Gasteiger partial charge in [0.1, 0.15) is 0 Å². The maximum Gasteiger partial charge on any atom is 0.0377 e. The van der Waals surface area contributed by atoms with E-state index < -0.39 is 0 Å². The summed E-state index contributed by atoms with van der Waals surface area (Å²) in [4.78, 5) is 4.20. The van der Waals surface area contributed by atoms with E-state index in [1.54, 1.807) is 0 Å². The molecule has 1 aliphatic heterocycles. The maximum atomic E-state index is 4.20. The highest BCUT2D eigenvalue weighted by Gasteiger charge is 2.12. The van der Waals surface area contributed by atoms with E-state index >= 15 is 0 Å². The van der Waals surface area contributed by atoms with Crippen LogP contribution >= 0.6 is 0 Å². The third-order valence-electron chi connectivity index (χ3n) is 2.58. The molecule has 14 heavy (non-hydrogen) atoms. The normalized spacial score (nSPS) is 24.1. The molecule has 78 valence electrons. The summed E-state index contributed by atoms with van der Waals surface area (Å²) in [6.45, 7) is 7.43. The number of rotatable bonds is 2. The van der Waals surface area contributed by atoms with Gasteiger partial charge in [0.2, 0.25) is 0 Å². The van der Waals surface area contributed by atoms with Crippen LogP contribution in [0.2, 0.25) is 0 Å². The van der Waals surface area contributed by atoms with Crippen molar-refractivity contribution in [1.29, 1.82) is 0 Å². The van der Waals surface area contributed by atoms with Gasteiger partial charge in [-0.05, 0) is 38.7 Å². The van der Waals surface area contributed by atoms with E-state index in [0.717, 1.165) is 19.4 Å². The van der Waals surface area contributed by atoms with Crippen LogP contribution in [0.1, 0.15) is 40.0 Å². The largest absolute Gasteiger partial charge is 0.385 e. The highest BCUT2D eigenvalue weighted by molar-refractivity contribution is 5.54. The van der Waals surface area contributed by atoms with Crippen molar-refractivity contribution in [1.82, 2.24) is 5.32 Å². The van der Waals surface area contributed by atoms with Gasteiger partial charge in [-0.25, -0.2) is 0 Å². The van der Waals surface area contributed by atoms with Crippen LogP contribution in [0, 0.1) is 0 Å². The molecule has 0 saturated carbocycles. The van der Waals surface area contributed by atoms with Crippen molar-refractivity contribution in [2.75, 3.05) is 6.54 Å². The van der Waals surface area contributed by atoms with Crippen molar-refractivity contribution in [2.45, 2.75) is 40.0 Å². The summed E-state index contributed by atoms with van der Waals surface area (Å²) in [6.07, 6.45) is 7.29. The zero-order valence-corrected chi connectivity index (χ0v) is 9.43. The third-order valence-corrected chi connectivity index (χ3v) is 2.58. The molecule has 0 unspecified atom stereocenters. The fraction of sp³-hybridized carbons (Fsp3) is 0.583. The predicted octanol–water partition coefficient (Wildman–Crippen LogP) is 3.03. The maximum absolute atomic E-state index is 4.20. The molecule has 2 nitrogen and oxygen atoms in total. The molecule has 0 aromatic rings. The van der Waals surface area contributed by atoms with Crippen LogP contribution in [-0.4, -0.2) is 12.8 Å². The van der Waals surface area contributed by atoms with Crippen molar-refractivity contribution >= 4 is 6.21 Å².